The summed E-state index contributed by atoms with van der Waals surface area (Å²) in [7, 11) is 0. The topological polar surface area (TPSA) is 77.8 Å². The lowest BCUT2D eigenvalue weighted by molar-refractivity contribution is -0.169. The Morgan fingerprint density at radius 2 is 1.93 bits per heavy atom. The fraction of sp³-hybridized carbons (Fsp3) is 0.364. The van der Waals surface area contributed by atoms with Crippen LogP contribution in [-0.4, -0.2) is 26.9 Å². The summed E-state index contributed by atoms with van der Waals surface area (Å²) in [5.74, 6) is -1.45. The van der Waals surface area contributed by atoms with Crippen LogP contribution in [0.1, 0.15) is 24.2 Å². The van der Waals surface area contributed by atoms with Crippen LogP contribution in [0.25, 0.3) is 0 Å². The van der Waals surface area contributed by atoms with Crippen molar-refractivity contribution in [2.45, 2.75) is 25.6 Å². The lowest BCUT2D eigenvalue weighted by atomic mass is 9.90. The van der Waals surface area contributed by atoms with Gasteiger partial charge in [0.15, 0.2) is 5.60 Å². The Kier molecular flexibility index (Phi) is 3.12. The Bertz CT molecular complexity index is 371. The summed E-state index contributed by atoms with van der Waals surface area (Å²) in [6.45, 7) is 2.82. The summed E-state index contributed by atoms with van der Waals surface area (Å²) in [4.78, 5) is 10.7. The Morgan fingerprint density at radius 1 is 1.40 bits per heavy atom. The molecule has 0 amide bonds. The average Bonchev–Trinajstić information content (AvgIpc) is 2.17. The molecule has 1 rings (SSSR count). The molecule has 15 heavy (non-hydrogen) atoms. The van der Waals surface area contributed by atoms with Gasteiger partial charge in [0, 0.05) is 0 Å². The van der Waals surface area contributed by atoms with Crippen LogP contribution in [0.4, 0.5) is 0 Å². The van der Waals surface area contributed by atoms with Gasteiger partial charge in [-0.1, -0.05) is 24.3 Å². The van der Waals surface area contributed by atoms with Crippen LogP contribution in [0.2, 0.25) is 0 Å². The molecule has 0 bridgehead atoms. The highest BCUT2D eigenvalue weighted by molar-refractivity contribution is 5.77. The van der Waals surface area contributed by atoms with Gasteiger partial charge < -0.3 is 15.3 Å². The van der Waals surface area contributed by atoms with E-state index in [0.29, 0.717) is 5.56 Å². The molecule has 0 fully saturated rings. The van der Waals surface area contributed by atoms with Crippen LogP contribution in [0.15, 0.2) is 24.3 Å². The number of aliphatic hydroxyl groups excluding tert-OH is 1. The quantitative estimate of drug-likeness (QED) is 0.691. The molecule has 0 aromatic heterocycles. The maximum Gasteiger partial charge on any atom is 0.338 e. The van der Waals surface area contributed by atoms with Gasteiger partial charge in [0.05, 0.1) is 0 Å². The van der Waals surface area contributed by atoms with E-state index in [-0.39, 0.29) is 0 Å². The normalized spacial score (nSPS) is 16.8. The van der Waals surface area contributed by atoms with Crippen molar-refractivity contribution in [3.8, 4) is 0 Å². The number of carboxylic acids is 1. The lowest BCUT2D eigenvalue weighted by Crippen LogP contribution is -2.41. The molecule has 0 aliphatic heterocycles. The minimum absolute atomic E-state index is 0.421. The highest BCUT2D eigenvalue weighted by Gasteiger charge is 2.39. The van der Waals surface area contributed by atoms with E-state index in [9.17, 15) is 15.0 Å². The minimum atomic E-state index is -2.17. The molecule has 0 aliphatic rings. The second-order valence-corrected chi connectivity index (χ2v) is 3.71. The highest BCUT2D eigenvalue weighted by atomic mass is 16.4. The third kappa shape index (κ3) is 2.16. The van der Waals surface area contributed by atoms with Gasteiger partial charge >= 0.3 is 5.97 Å². The van der Waals surface area contributed by atoms with E-state index < -0.39 is 17.7 Å². The molecule has 3 N–H and O–H groups in total. The van der Waals surface area contributed by atoms with Crippen molar-refractivity contribution >= 4 is 5.97 Å². The van der Waals surface area contributed by atoms with Crippen LogP contribution >= 0.6 is 0 Å². The smallest absolute Gasteiger partial charge is 0.338 e. The summed E-state index contributed by atoms with van der Waals surface area (Å²) in [5, 5.41) is 28.1. The zero-order chi connectivity index (χ0) is 11.6. The molecular weight excluding hydrogens is 196 g/mol. The molecule has 1 aromatic carbocycles. The van der Waals surface area contributed by atoms with E-state index in [0.717, 1.165) is 12.5 Å². The minimum Gasteiger partial charge on any atom is -0.479 e. The van der Waals surface area contributed by atoms with Gasteiger partial charge in [0.25, 0.3) is 0 Å². The lowest BCUT2D eigenvalue weighted by Gasteiger charge is -2.25. The third-order valence-electron chi connectivity index (χ3n) is 2.45. The average molecular weight is 210 g/mol. The number of benzene rings is 1. The largest absolute Gasteiger partial charge is 0.479 e. The van der Waals surface area contributed by atoms with Gasteiger partial charge in [0.2, 0.25) is 0 Å². The molecule has 82 valence electrons. The Labute approximate surface area is 87.8 Å². The molecule has 0 radical (unpaired) electrons. The Morgan fingerprint density at radius 3 is 2.40 bits per heavy atom. The summed E-state index contributed by atoms with van der Waals surface area (Å²) in [6.07, 6.45) is -1.43. The summed E-state index contributed by atoms with van der Waals surface area (Å²) >= 11 is 0. The summed E-state index contributed by atoms with van der Waals surface area (Å²) in [6, 6.07) is 6.80. The van der Waals surface area contributed by atoms with E-state index in [1.54, 1.807) is 31.2 Å². The second-order valence-electron chi connectivity index (χ2n) is 3.71. The summed E-state index contributed by atoms with van der Waals surface area (Å²) < 4.78 is 0. The molecule has 0 heterocycles. The van der Waals surface area contributed by atoms with Crippen molar-refractivity contribution in [3.63, 3.8) is 0 Å². The monoisotopic (exact) mass is 210 g/mol. The number of carbonyl (C=O) groups is 1. The second kappa shape index (κ2) is 4.00. The zero-order valence-corrected chi connectivity index (χ0v) is 8.64. The first-order chi connectivity index (χ1) is 6.87. The zero-order valence-electron chi connectivity index (χ0n) is 8.64. The SMILES string of the molecule is Cc1ccccc1[C@@H](O)C(C)(O)C(=O)O. The molecule has 0 saturated carbocycles. The third-order valence-corrected chi connectivity index (χ3v) is 2.45. The van der Waals surface area contributed by atoms with Gasteiger partial charge in [-0.3, -0.25) is 0 Å². The van der Waals surface area contributed by atoms with E-state index in [1.165, 1.54) is 0 Å². The van der Waals surface area contributed by atoms with Crippen LogP contribution < -0.4 is 0 Å². The van der Waals surface area contributed by atoms with E-state index in [1.807, 2.05) is 0 Å². The van der Waals surface area contributed by atoms with Crippen LogP contribution in [0, 0.1) is 6.92 Å². The van der Waals surface area contributed by atoms with Crippen LogP contribution in [0.3, 0.4) is 0 Å². The van der Waals surface area contributed by atoms with Gasteiger partial charge in [-0.15, -0.1) is 0 Å². The first-order valence-corrected chi connectivity index (χ1v) is 4.56. The molecular formula is C11H14O4. The van der Waals surface area contributed by atoms with Gasteiger partial charge in [0.1, 0.15) is 6.10 Å². The molecule has 4 nitrogen and oxygen atoms in total. The van der Waals surface area contributed by atoms with Crippen molar-refractivity contribution in [3.05, 3.63) is 35.4 Å². The van der Waals surface area contributed by atoms with Crippen molar-refractivity contribution < 1.29 is 20.1 Å². The maximum atomic E-state index is 10.7. The van der Waals surface area contributed by atoms with Crippen molar-refractivity contribution in [2.24, 2.45) is 0 Å². The standard InChI is InChI=1S/C11H14O4/c1-7-5-3-4-6-8(7)9(12)11(2,15)10(13)14/h3-6,9,12,15H,1-2H3,(H,13,14)/t9-,11?/m1/s1. The first kappa shape index (κ1) is 11.7. The van der Waals surface area contributed by atoms with Crippen molar-refractivity contribution in [1.29, 1.82) is 0 Å². The number of rotatable bonds is 3. The first-order valence-electron chi connectivity index (χ1n) is 4.56. The molecule has 1 aromatic rings. The van der Waals surface area contributed by atoms with Gasteiger partial charge in [-0.2, -0.15) is 0 Å². The number of carboxylic acid groups (broad SMARTS) is 1. The van der Waals surface area contributed by atoms with E-state index in [4.69, 9.17) is 5.11 Å². The summed E-state index contributed by atoms with van der Waals surface area (Å²) in [5.41, 5.74) is -1.01. The van der Waals surface area contributed by atoms with Crippen LogP contribution in [0.5, 0.6) is 0 Å². The Balaban J connectivity index is 3.10. The number of hydrogen-bond donors (Lipinski definition) is 3. The predicted molar refractivity (Wildman–Crippen MR) is 54.4 cm³/mol. The fourth-order valence-electron chi connectivity index (χ4n) is 1.31. The van der Waals surface area contributed by atoms with Crippen molar-refractivity contribution in [1.82, 2.24) is 0 Å². The number of aliphatic hydroxyl groups is 2. The number of hydrogen-bond acceptors (Lipinski definition) is 3. The molecule has 0 aliphatic carbocycles. The fourth-order valence-corrected chi connectivity index (χ4v) is 1.31. The molecule has 0 saturated heterocycles. The predicted octanol–water partition coefficient (Wildman–Crippen LogP) is 0.864. The van der Waals surface area contributed by atoms with Gasteiger partial charge in [-0.05, 0) is 25.0 Å². The Hall–Kier alpha value is -1.39. The molecule has 2 atom stereocenters. The molecule has 1 unspecified atom stereocenters. The molecule has 0 spiro atoms. The number of aliphatic carboxylic acids is 1. The number of aryl methyl sites for hydroxylation is 1. The van der Waals surface area contributed by atoms with E-state index >= 15 is 0 Å². The molecule has 4 heteroatoms. The van der Waals surface area contributed by atoms with Gasteiger partial charge in [-0.25, -0.2) is 4.79 Å². The maximum absolute atomic E-state index is 10.7. The van der Waals surface area contributed by atoms with E-state index in [2.05, 4.69) is 0 Å². The van der Waals surface area contributed by atoms with Crippen molar-refractivity contribution in [2.75, 3.05) is 0 Å². The van der Waals surface area contributed by atoms with Crippen LogP contribution in [-0.2, 0) is 4.79 Å². The highest BCUT2D eigenvalue weighted by Crippen LogP contribution is 2.27.